The van der Waals surface area contributed by atoms with Crippen LogP contribution in [0.1, 0.15) is 22.3 Å². The van der Waals surface area contributed by atoms with Gasteiger partial charge in [-0.3, -0.25) is 4.79 Å². The lowest BCUT2D eigenvalue weighted by Gasteiger charge is -2.07. The van der Waals surface area contributed by atoms with Crippen molar-refractivity contribution in [3.8, 4) is 0 Å². The van der Waals surface area contributed by atoms with Crippen LogP contribution in [-0.2, 0) is 13.5 Å². The second-order valence-corrected chi connectivity index (χ2v) is 6.75. The van der Waals surface area contributed by atoms with Gasteiger partial charge in [-0.25, -0.2) is 4.39 Å². The van der Waals surface area contributed by atoms with Crippen LogP contribution < -0.4 is 5.32 Å². The number of hydrogen-bond acceptors (Lipinski definition) is 1. The van der Waals surface area contributed by atoms with Crippen LogP contribution in [0.4, 0.5) is 4.39 Å². The van der Waals surface area contributed by atoms with E-state index in [1.165, 1.54) is 6.07 Å². The van der Waals surface area contributed by atoms with Crippen LogP contribution in [0.25, 0.3) is 10.9 Å². The second-order valence-electron chi connectivity index (χ2n) is 5.91. The Balaban J connectivity index is 1.60. The van der Waals surface area contributed by atoms with E-state index in [1.807, 2.05) is 17.8 Å². The van der Waals surface area contributed by atoms with Crippen molar-refractivity contribution in [1.29, 1.82) is 0 Å². The molecule has 0 aliphatic rings. The molecule has 0 aliphatic carbocycles. The van der Waals surface area contributed by atoms with Crippen LogP contribution in [-0.4, -0.2) is 17.0 Å². The molecule has 1 N–H and O–H groups in total. The number of nitrogens with one attached hydrogen (secondary N) is 1. The first-order valence-electron chi connectivity index (χ1n) is 7.92. The lowest BCUT2D eigenvalue weighted by Crippen LogP contribution is -2.25. The topological polar surface area (TPSA) is 34.0 Å². The highest BCUT2D eigenvalue weighted by Gasteiger charge is 2.11. The van der Waals surface area contributed by atoms with Gasteiger partial charge >= 0.3 is 0 Å². The molecule has 3 nitrogen and oxygen atoms in total. The molecule has 0 atom stereocenters. The van der Waals surface area contributed by atoms with Gasteiger partial charge in [0.1, 0.15) is 5.82 Å². The highest BCUT2D eigenvalue weighted by Crippen LogP contribution is 2.23. The van der Waals surface area contributed by atoms with E-state index < -0.39 is 0 Å². The molecular formula is C19H17Cl2FN2O. The third-order valence-electron chi connectivity index (χ3n) is 4.12. The molecule has 0 saturated carbocycles. The van der Waals surface area contributed by atoms with E-state index in [1.54, 1.807) is 30.3 Å². The Kier molecular flexibility index (Phi) is 5.30. The summed E-state index contributed by atoms with van der Waals surface area (Å²) in [6, 6.07) is 9.57. The van der Waals surface area contributed by atoms with Crippen molar-refractivity contribution in [1.82, 2.24) is 9.88 Å². The maximum absolute atomic E-state index is 13.5. The van der Waals surface area contributed by atoms with Crippen LogP contribution in [0, 0.1) is 5.82 Å². The molecule has 6 heteroatoms. The van der Waals surface area contributed by atoms with Crippen molar-refractivity contribution in [2.75, 3.05) is 6.54 Å². The fourth-order valence-electron chi connectivity index (χ4n) is 2.89. The average molecular weight is 379 g/mol. The number of aromatic nitrogens is 1. The molecular weight excluding hydrogens is 362 g/mol. The first-order valence-corrected chi connectivity index (χ1v) is 8.68. The lowest BCUT2D eigenvalue weighted by atomic mass is 10.1. The van der Waals surface area contributed by atoms with Crippen molar-refractivity contribution in [2.24, 2.45) is 7.05 Å². The third-order valence-corrected chi connectivity index (χ3v) is 4.67. The fourth-order valence-corrected chi connectivity index (χ4v) is 3.39. The van der Waals surface area contributed by atoms with Crippen LogP contribution in [0.2, 0.25) is 10.0 Å². The number of halogens is 3. The molecule has 130 valence electrons. The van der Waals surface area contributed by atoms with E-state index >= 15 is 0 Å². The predicted octanol–water partition coefficient (Wildman–Crippen LogP) is 4.99. The van der Waals surface area contributed by atoms with E-state index in [0.29, 0.717) is 22.2 Å². The van der Waals surface area contributed by atoms with Crippen molar-refractivity contribution in [3.05, 3.63) is 69.6 Å². The molecule has 2 aromatic carbocycles. The number of amides is 1. The zero-order chi connectivity index (χ0) is 18.0. The maximum atomic E-state index is 13.5. The predicted molar refractivity (Wildman–Crippen MR) is 100.0 cm³/mol. The normalized spacial score (nSPS) is 11.0. The Labute approximate surface area is 155 Å². The van der Waals surface area contributed by atoms with Gasteiger partial charge in [0.05, 0.1) is 10.6 Å². The number of carbonyl (C=O) groups excluding carboxylic acids is 1. The zero-order valence-corrected chi connectivity index (χ0v) is 15.2. The van der Waals surface area contributed by atoms with Gasteiger partial charge in [0.25, 0.3) is 5.91 Å². The summed E-state index contributed by atoms with van der Waals surface area (Å²) >= 11 is 11.9. The number of fused-ring (bicyclic) bond motifs is 1. The number of aryl methyl sites for hydroxylation is 2. The third kappa shape index (κ3) is 3.97. The number of carbonyl (C=O) groups is 1. The number of hydrogen-bond donors (Lipinski definition) is 1. The maximum Gasteiger partial charge on any atom is 0.252 e. The molecule has 0 spiro atoms. The molecule has 1 aromatic heterocycles. The molecule has 0 radical (unpaired) electrons. The van der Waals surface area contributed by atoms with Gasteiger partial charge in [-0.2, -0.15) is 0 Å². The van der Waals surface area contributed by atoms with Gasteiger partial charge in [-0.1, -0.05) is 23.2 Å². The van der Waals surface area contributed by atoms with E-state index in [-0.39, 0.29) is 11.7 Å². The summed E-state index contributed by atoms with van der Waals surface area (Å²) < 4.78 is 15.5. The fraction of sp³-hybridized carbons (Fsp3) is 0.211. The molecule has 0 aliphatic heterocycles. The Hall–Kier alpha value is -2.04. The SMILES string of the molecule is Cn1cc(CCCNC(=O)c2ccc(Cl)cc2Cl)c2cc(F)ccc21. The van der Waals surface area contributed by atoms with Crippen LogP contribution in [0.15, 0.2) is 42.6 Å². The highest BCUT2D eigenvalue weighted by atomic mass is 35.5. The van der Waals surface area contributed by atoms with Crippen molar-refractivity contribution in [3.63, 3.8) is 0 Å². The summed E-state index contributed by atoms with van der Waals surface area (Å²) in [7, 11) is 1.94. The quantitative estimate of drug-likeness (QED) is 0.623. The molecule has 0 unspecified atom stereocenters. The largest absolute Gasteiger partial charge is 0.352 e. The summed E-state index contributed by atoms with van der Waals surface area (Å²) in [6.45, 7) is 0.503. The minimum absolute atomic E-state index is 0.231. The summed E-state index contributed by atoms with van der Waals surface area (Å²) in [5.41, 5.74) is 2.46. The smallest absolute Gasteiger partial charge is 0.252 e. The first-order chi connectivity index (χ1) is 12.0. The van der Waals surface area contributed by atoms with Gasteiger partial charge < -0.3 is 9.88 Å². The van der Waals surface area contributed by atoms with Crippen molar-refractivity contribution >= 4 is 40.0 Å². The summed E-state index contributed by atoms with van der Waals surface area (Å²) in [5, 5.41) is 4.58. The molecule has 1 amide bonds. The monoisotopic (exact) mass is 378 g/mol. The first kappa shape index (κ1) is 17.8. The number of rotatable bonds is 5. The van der Waals surface area contributed by atoms with Crippen molar-refractivity contribution < 1.29 is 9.18 Å². The van der Waals surface area contributed by atoms with Gasteiger partial charge in [0, 0.05) is 35.7 Å². The zero-order valence-electron chi connectivity index (χ0n) is 13.7. The average Bonchev–Trinajstić information content (AvgIpc) is 2.87. The number of nitrogens with zero attached hydrogens (tertiary/aromatic N) is 1. The van der Waals surface area contributed by atoms with Crippen LogP contribution in [0.5, 0.6) is 0 Å². The minimum atomic E-state index is -0.245. The van der Waals surface area contributed by atoms with Gasteiger partial charge in [0.2, 0.25) is 0 Å². The molecule has 1 heterocycles. The Morgan fingerprint density at radius 3 is 2.76 bits per heavy atom. The lowest BCUT2D eigenvalue weighted by molar-refractivity contribution is 0.0953. The van der Waals surface area contributed by atoms with E-state index in [2.05, 4.69) is 5.32 Å². The van der Waals surface area contributed by atoms with E-state index in [0.717, 1.165) is 29.3 Å². The van der Waals surface area contributed by atoms with E-state index in [9.17, 15) is 9.18 Å². The Morgan fingerprint density at radius 2 is 2.00 bits per heavy atom. The molecule has 0 saturated heterocycles. The summed E-state index contributed by atoms with van der Waals surface area (Å²) in [6.07, 6.45) is 3.49. The molecule has 0 bridgehead atoms. The summed E-state index contributed by atoms with van der Waals surface area (Å²) in [4.78, 5) is 12.2. The van der Waals surface area contributed by atoms with Gasteiger partial charge in [-0.05, 0) is 54.8 Å². The minimum Gasteiger partial charge on any atom is -0.352 e. The van der Waals surface area contributed by atoms with Crippen LogP contribution in [0.3, 0.4) is 0 Å². The second kappa shape index (κ2) is 7.46. The molecule has 0 fully saturated rings. The van der Waals surface area contributed by atoms with Crippen LogP contribution >= 0.6 is 23.2 Å². The Morgan fingerprint density at radius 1 is 1.20 bits per heavy atom. The number of benzene rings is 2. The standard InChI is InChI=1S/C19H17Cl2FN2O/c1-24-11-12(16-10-14(22)5-7-18(16)24)3-2-8-23-19(25)15-6-4-13(20)9-17(15)21/h4-7,9-11H,2-3,8H2,1H3,(H,23,25). The Bertz CT molecular complexity index is 937. The molecule has 3 aromatic rings. The van der Waals surface area contributed by atoms with Gasteiger partial charge in [-0.15, -0.1) is 0 Å². The van der Waals surface area contributed by atoms with E-state index in [4.69, 9.17) is 23.2 Å². The van der Waals surface area contributed by atoms with Gasteiger partial charge in [0.15, 0.2) is 0 Å². The summed E-state index contributed by atoms with van der Waals surface area (Å²) in [5.74, 6) is -0.476. The highest BCUT2D eigenvalue weighted by molar-refractivity contribution is 6.36. The molecule has 25 heavy (non-hydrogen) atoms. The molecule has 3 rings (SSSR count). The van der Waals surface area contributed by atoms with Crippen molar-refractivity contribution in [2.45, 2.75) is 12.8 Å².